The zero-order valence-corrected chi connectivity index (χ0v) is 11.4. The fourth-order valence-corrected chi connectivity index (χ4v) is 1.86. The molecule has 0 aliphatic heterocycles. The van der Waals surface area contributed by atoms with E-state index in [0.29, 0.717) is 5.56 Å². The molecule has 4 heteroatoms. The van der Waals surface area contributed by atoms with E-state index in [2.05, 4.69) is 4.99 Å². The van der Waals surface area contributed by atoms with Gasteiger partial charge < -0.3 is 10.0 Å². The zero-order valence-electron chi connectivity index (χ0n) is 11.4. The topological polar surface area (TPSA) is 52.9 Å². The van der Waals surface area contributed by atoms with Crippen molar-refractivity contribution in [1.82, 2.24) is 0 Å². The lowest BCUT2D eigenvalue weighted by molar-refractivity contribution is -0.107. The molecule has 0 fully saturated rings. The van der Waals surface area contributed by atoms with Crippen LogP contribution in [0.2, 0.25) is 0 Å². The summed E-state index contributed by atoms with van der Waals surface area (Å²) in [6, 6.07) is 14.4. The largest absolute Gasteiger partial charge is 0.507 e. The van der Waals surface area contributed by atoms with Gasteiger partial charge in [-0.1, -0.05) is 12.1 Å². The van der Waals surface area contributed by atoms with Crippen molar-refractivity contribution in [1.29, 1.82) is 0 Å². The molecule has 0 bridgehead atoms. The molecular weight excluding hydrogens is 252 g/mol. The van der Waals surface area contributed by atoms with Crippen LogP contribution in [0.3, 0.4) is 0 Å². The molecule has 4 nitrogen and oxygen atoms in total. The van der Waals surface area contributed by atoms with Crippen LogP contribution in [0.4, 0.5) is 11.4 Å². The van der Waals surface area contributed by atoms with Crippen molar-refractivity contribution in [3.05, 3.63) is 54.1 Å². The summed E-state index contributed by atoms with van der Waals surface area (Å²) in [6.45, 7) is 1.85. The van der Waals surface area contributed by atoms with Crippen LogP contribution in [0.15, 0.2) is 53.5 Å². The molecule has 0 spiro atoms. The predicted molar refractivity (Wildman–Crippen MR) is 80.9 cm³/mol. The molecule has 0 atom stereocenters. The Bertz CT molecular complexity index is 633. The molecule has 20 heavy (non-hydrogen) atoms. The third-order valence-corrected chi connectivity index (χ3v) is 3.01. The molecule has 0 heterocycles. The standard InChI is InChI=1S/C16H16N2O2/c1-12(15-5-3-4-6-16(15)20)17-13-7-9-14(10-8-13)18(2)11-19/h3-11,20H,1-2H3. The SMILES string of the molecule is CC(=Nc1ccc(N(C)C=O)cc1)c1ccccc1O. The van der Waals surface area contributed by atoms with Gasteiger partial charge >= 0.3 is 0 Å². The Morgan fingerprint density at radius 1 is 1.15 bits per heavy atom. The van der Waals surface area contributed by atoms with E-state index in [1.807, 2.05) is 43.3 Å². The lowest BCUT2D eigenvalue weighted by atomic mass is 10.1. The van der Waals surface area contributed by atoms with Crippen molar-refractivity contribution >= 4 is 23.5 Å². The number of carbonyl (C=O) groups excluding carboxylic acids is 1. The summed E-state index contributed by atoms with van der Waals surface area (Å²) >= 11 is 0. The Hall–Kier alpha value is -2.62. The summed E-state index contributed by atoms with van der Waals surface area (Å²) in [6.07, 6.45) is 0.755. The molecule has 1 amide bonds. The van der Waals surface area contributed by atoms with Crippen LogP contribution in [0.5, 0.6) is 5.75 Å². The van der Waals surface area contributed by atoms with Crippen molar-refractivity contribution < 1.29 is 9.90 Å². The van der Waals surface area contributed by atoms with Gasteiger partial charge in [-0.2, -0.15) is 0 Å². The molecule has 0 aromatic heterocycles. The second kappa shape index (κ2) is 6.02. The number of hydrogen-bond acceptors (Lipinski definition) is 3. The molecule has 102 valence electrons. The van der Waals surface area contributed by atoms with Crippen LogP contribution in [0.1, 0.15) is 12.5 Å². The number of carbonyl (C=O) groups is 1. The maximum absolute atomic E-state index is 10.7. The molecule has 0 saturated carbocycles. The van der Waals surface area contributed by atoms with Crippen molar-refractivity contribution in [3.8, 4) is 5.75 Å². The molecule has 0 aliphatic carbocycles. The molecular formula is C16H16N2O2. The number of nitrogens with zero attached hydrogens (tertiary/aromatic N) is 2. The molecule has 0 saturated heterocycles. The van der Waals surface area contributed by atoms with Gasteiger partial charge in [0.25, 0.3) is 0 Å². The fraction of sp³-hybridized carbons (Fsp3) is 0.125. The van der Waals surface area contributed by atoms with E-state index < -0.39 is 0 Å². The van der Waals surface area contributed by atoms with Gasteiger partial charge in [0, 0.05) is 24.0 Å². The number of amides is 1. The van der Waals surface area contributed by atoms with Crippen LogP contribution >= 0.6 is 0 Å². The number of benzene rings is 2. The third kappa shape index (κ3) is 3.03. The summed E-state index contributed by atoms with van der Waals surface area (Å²) in [5, 5.41) is 9.78. The summed E-state index contributed by atoms with van der Waals surface area (Å²) in [5.74, 6) is 0.214. The number of aromatic hydroxyl groups is 1. The van der Waals surface area contributed by atoms with E-state index in [1.54, 1.807) is 19.2 Å². The molecule has 0 radical (unpaired) electrons. The number of rotatable bonds is 4. The number of anilines is 1. The van der Waals surface area contributed by atoms with E-state index in [9.17, 15) is 9.90 Å². The number of hydrogen-bond donors (Lipinski definition) is 1. The minimum atomic E-state index is 0.214. The van der Waals surface area contributed by atoms with E-state index in [4.69, 9.17) is 0 Å². The maximum Gasteiger partial charge on any atom is 0.213 e. The van der Waals surface area contributed by atoms with Crippen molar-refractivity contribution in [2.45, 2.75) is 6.92 Å². The van der Waals surface area contributed by atoms with Gasteiger partial charge in [0.2, 0.25) is 6.41 Å². The van der Waals surface area contributed by atoms with Crippen LogP contribution < -0.4 is 4.90 Å². The van der Waals surface area contributed by atoms with Gasteiger partial charge in [-0.3, -0.25) is 9.79 Å². The highest BCUT2D eigenvalue weighted by atomic mass is 16.3. The molecule has 0 unspecified atom stereocenters. The number of para-hydroxylation sites is 1. The van der Waals surface area contributed by atoms with Gasteiger partial charge in [-0.25, -0.2) is 0 Å². The van der Waals surface area contributed by atoms with Crippen LogP contribution in [-0.4, -0.2) is 24.3 Å². The highest BCUT2D eigenvalue weighted by Gasteiger charge is 2.04. The fourth-order valence-electron chi connectivity index (χ4n) is 1.86. The first-order valence-corrected chi connectivity index (χ1v) is 6.23. The van der Waals surface area contributed by atoms with Crippen molar-refractivity contribution in [3.63, 3.8) is 0 Å². The van der Waals surface area contributed by atoms with Crippen LogP contribution in [-0.2, 0) is 4.79 Å². The van der Waals surface area contributed by atoms with E-state index >= 15 is 0 Å². The first-order chi connectivity index (χ1) is 9.61. The smallest absolute Gasteiger partial charge is 0.213 e. The maximum atomic E-state index is 10.7. The second-order valence-corrected chi connectivity index (χ2v) is 4.45. The summed E-state index contributed by atoms with van der Waals surface area (Å²) in [5.41, 5.74) is 3.02. The Morgan fingerprint density at radius 2 is 1.80 bits per heavy atom. The highest BCUT2D eigenvalue weighted by molar-refractivity contribution is 6.02. The van der Waals surface area contributed by atoms with Gasteiger partial charge in [-0.15, -0.1) is 0 Å². The first kappa shape index (κ1) is 13.8. The molecule has 2 aromatic rings. The Labute approximate surface area is 118 Å². The molecule has 1 N–H and O–H groups in total. The van der Waals surface area contributed by atoms with Crippen LogP contribution in [0, 0.1) is 0 Å². The normalized spacial score (nSPS) is 11.2. The first-order valence-electron chi connectivity index (χ1n) is 6.23. The summed E-state index contributed by atoms with van der Waals surface area (Å²) in [4.78, 5) is 16.6. The number of aliphatic imine (C=N–C) groups is 1. The van der Waals surface area contributed by atoms with Gasteiger partial charge in [0.15, 0.2) is 0 Å². The zero-order chi connectivity index (χ0) is 14.5. The summed E-state index contributed by atoms with van der Waals surface area (Å²) < 4.78 is 0. The van der Waals surface area contributed by atoms with E-state index in [-0.39, 0.29) is 5.75 Å². The number of phenols is 1. The van der Waals surface area contributed by atoms with E-state index in [1.165, 1.54) is 4.90 Å². The Kier molecular flexibility index (Phi) is 4.15. The minimum Gasteiger partial charge on any atom is -0.507 e. The molecule has 2 rings (SSSR count). The molecule has 0 aliphatic rings. The van der Waals surface area contributed by atoms with Crippen LogP contribution in [0.25, 0.3) is 0 Å². The van der Waals surface area contributed by atoms with Gasteiger partial charge in [-0.05, 0) is 43.3 Å². The molecule has 2 aromatic carbocycles. The minimum absolute atomic E-state index is 0.214. The lowest BCUT2D eigenvalue weighted by Crippen LogP contribution is -2.13. The van der Waals surface area contributed by atoms with Crippen molar-refractivity contribution in [2.24, 2.45) is 4.99 Å². The predicted octanol–water partition coefficient (Wildman–Crippen LogP) is 3.13. The average Bonchev–Trinajstić information content (AvgIpc) is 2.47. The summed E-state index contributed by atoms with van der Waals surface area (Å²) in [7, 11) is 1.69. The van der Waals surface area contributed by atoms with Gasteiger partial charge in [0.1, 0.15) is 5.75 Å². The highest BCUT2D eigenvalue weighted by Crippen LogP contribution is 2.22. The Morgan fingerprint density at radius 3 is 2.40 bits per heavy atom. The van der Waals surface area contributed by atoms with Crippen molar-refractivity contribution in [2.75, 3.05) is 11.9 Å². The quantitative estimate of drug-likeness (QED) is 0.684. The number of phenolic OH excluding ortho intramolecular Hbond substituents is 1. The van der Waals surface area contributed by atoms with E-state index in [0.717, 1.165) is 23.5 Å². The third-order valence-electron chi connectivity index (χ3n) is 3.01. The Balaban J connectivity index is 2.27. The second-order valence-electron chi connectivity index (χ2n) is 4.45. The average molecular weight is 268 g/mol. The van der Waals surface area contributed by atoms with Gasteiger partial charge in [0.05, 0.1) is 5.69 Å². The lowest BCUT2D eigenvalue weighted by Gasteiger charge is -2.10. The monoisotopic (exact) mass is 268 g/mol.